The number of likely N-dealkylation sites (N-methyl/N-ethyl adjacent to an activating group) is 1. The van der Waals surface area contributed by atoms with E-state index in [4.69, 9.17) is 0 Å². The highest BCUT2D eigenvalue weighted by Crippen LogP contribution is 2.36. The first-order valence-electron chi connectivity index (χ1n) is 6.54. The molecule has 2 heteroatoms. The number of nitrogens with one attached hydrogen (secondary N) is 1. The Bertz CT molecular complexity index is 475. The van der Waals surface area contributed by atoms with Crippen molar-refractivity contribution in [1.29, 1.82) is 0 Å². The normalized spacial score (nSPS) is 14.4. The van der Waals surface area contributed by atoms with E-state index < -0.39 is 0 Å². The fraction of sp³-hybridized carbons (Fsp3) is 0.375. The van der Waals surface area contributed by atoms with E-state index in [2.05, 4.69) is 68.0 Å². The van der Waals surface area contributed by atoms with Crippen LogP contribution in [-0.2, 0) is 0 Å². The summed E-state index contributed by atoms with van der Waals surface area (Å²) in [5, 5.41) is 5.69. The number of benzene rings is 1. The molecular weight excluding hydrogens is 238 g/mol. The van der Waals surface area contributed by atoms with E-state index in [-0.39, 0.29) is 0 Å². The van der Waals surface area contributed by atoms with E-state index >= 15 is 0 Å². The van der Waals surface area contributed by atoms with E-state index in [0.717, 1.165) is 6.42 Å². The van der Waals surface area contributed by atoms with Gasteiger partial charge in [0.2, 0.25) is 0 Å². The summed E-state index contributed by atoms with van der Waals surface area (Å²) in [4.78, 5) is 1.42. The molecule has 0 aliphatic heterocycles. The molecule has 0 aliphatic rings. The topological polar surface area (TPSA) is 12.0 Å². The summed E-state index contributed by atoms with van der Waals surface area (Å²) in [6.45, 7) is 4.48. The van der Waals surface area contributed by atoms with Gasteiger partial charge in [-0.1, -0.05) is 37.3 Å². The summed E-state index contributed by atoms with van der Waals surface area (Å²) in [7, 11) is 2.06. The monoisotopic (exact) mass is 259 g/mol. The lowest BCUT2D eigenvalue weighted by Crippen LogP contribution is -2.23. The van der Waals surface area contributed by atoms with E-state index in [1.807, 2.05) is 11.3 Å². The fourth-order valence-corrected chi connectivity index (χ4v) is 3.40. The summed E-state index contributed by atoms with van der Waals surface area (Å²) in [6, 6.07) is 13.5. The summed E-state index contributed by atoms with van der Waals surface area (Å²) in [6.07, 6.45) is 1.14. The number of rotatable bonds is 5. The quantitative estimate of drug-likeness (QED) is 0.833. The number of hydrogen-bond acceptors (Lipinski definition) is 2. The maximum absolute atomic E-state index is 3.50. The van der Waals surface area contributed by atoms with Crippen LogP contribution in [0.3, 0.4) is 0 Å². The smallest absolute Gasteiger partial charge is 0.0397 e. The first-order valence-corrected chi connectivity index (χ1v) is 7.42. The molecule has 1 aromatic carbocycles. The summed E-state index contributed by atoms with van der Waals surface area (Å²) in [5.74, 6) is 0.532. The van der Waals surface area contributed by atoms with Gasteiger partial charge in [-0.05, 0) is 43.0 Å². The Balaban J connectivity index is 2.34. The molecule has 1 aromatic heterocycles. The number of hydrogen-bond donors (Lipinski definition) is 1. The van der Waals surface area contributed by atoms with E-state index in [9.17, 15) is 0 Å². The Hall–Kier alpha value is -1.12. The molecule has 2 rings (SSSR count). The molecule has 2 atom stereocenters. The van der Waals surface area contributed by atoms with Crippen molar-refractivity contribution in [3.8, 4) is 0 Å². The molecule has 0 amide bonds. The minimum absolute atomic E-state index is 0.406. The van der Waals surface area contributed by atoms with Gasteiger partial charge in [0.15, 0.2) is 0 Å². The van der Waals surface area contributed by atoms with Gasteiger partial charge in [-0.3, -0.25) is 0 Å². The van der Waals surface area contributed by atoms with Crippen molar-refractivity contribution in [2.24, 2.45) is 0 Å². The lowest BCUT2D eigenvalue weighted by Gasteiger charge is -2.26. The van der Waals surface area contributed by atoms with Crippen LogP contribution in [0.15, 0.2) is 41.8 Å². The van der Waals surface area contributed by atoms with Gasteiger partial charge in [-0.15, -0.1) is 11.3 Å². The second-order valence-corrected chi connectivity index (χ2v) is 5.74. The Kier molecular flexibility index (Phi) is 4.56. The predicted molar refractivity (Wildman–Crippen MR) is 80.3 cm³/mol. The molecule has 2 unspecified atom stereocenters. The van der Waals surface area contributed by atoms with Gasteiger partial charge < -0.3 is 5.32 Å². The highest BCUT2D eigenvalue weighted by Gasteiger charge is 2.23. The van der Waals surface area contributed by atoms with Gasteiger partial charge in [0.1, 0.15) is 0 Å². The van der Waals surface area contributed by atoms with Crippen molar-refractivity contribution in [2.45, 2.75) is 32.2 Å². The van der Waals surface area contributed by atoms with Gasteiger partial charge >= 0.3 is 0 Å². The zero-order chi connectivity index (χ0) is 13.0. The van der Waals surface area contributed by atoms with E-state index in [1.165, 1.54) is 16.0 Å². The third-order valence-corrected chi connectivity index (χ3v) is 4.48. The zero-order valence-electron chi connectivity index (χ0n) is 11.3. The van der Waals surface area contributed by atoms with Crippen molar-refractivity contribution in [2.75, 3.05) is 7.05 Å². The second kappa shape index (κ2) is 6.17. The average Bonchev–Trinajstić information content (AvgIpc) is 2.83. The van der Waals surface area contributed by atoms with Crippen molar-refractivity contribution >= 4 is 11.3 Å². The average molecular weight is 259 g/mol. The van der Waals surface area contributed by atoms with Gasteiger partial charge in [0, 0.05) is 16.8 Å². The number of aryl methyl sites for hydroxylation is 1. The molecule has 2 aromatic rings. The van der Waals surface area contributed by atoms with Crippen LogP contribution in [0.1, 0.15) is 41.3 Å². The van der Waals surface area contributed by atoms with Gasteiger partial charge in [-0.25, -0.2) is 0 Å². The van der Waals surface area contributed by atoms with Crippen molar-refractivity contribution in [1.82, 2.24) is 5.32 Å². The van der Waals surface area contributed by atoms with E-state index in [0.29, 0.717) is 12.0 Å². The highest BCUT2D eigenvalue weighted by molar-refractivity contribution is 7.10. The Morgan fingerprint density at radius 3 is 2.39 bits per heavy atom. The predicted octanol–water partition coefficient (Wildman–Crippen LogP) is 4.51. The lowest BCUT2D eigenvalue weighted by atomic mass is 9.85. The van der Waals surface area contributed by atoms with Crippen molar-refractivity contribution in [3.05, 3.63) is 57.8 Å². The molecule has 0 aliphatic carbocycles. The fourth-order valence-electron chi connectivity index (χ4n) is 2.65. The van der Waals surface area contributed by atoms with Crippen LogP contribution in [0.25, 0.3) is 0 Å². The Labute approximate surface area is 114 Å². The molecule has 0 spiro atoms. The lowest BCUT2D eigenvalue weighted by molar-refractivity contribution is 0.468. The summed E-state index contributed by atoms with van der Waals surface area (Å²) in [5.41, 5.74) is 2.86. The molecule has 18 heavy (non-hydrogen) atoms. The van der Waals surface area contributed by atoms with Crippen LogP contribution in [-0.4, -0.2) is 7.05 Å². The molecule has 1 nitrogen and oxygen atoms in total. The molecule has 0 saturated carbocycles. The molecule has 0 saturated heterocycles. The standard InChI is InChI=1S/C16H21NS/c1-4-14(13-8-6-5-7-9-13)16(17-3)15-10-11-18-12(15)2/h5-11,14,16-17H,4H2,1-3H3. The van der Waals surface area contributed by atoms with Crippen LogP contribution < -0.4 is 5.32 Å². The Morgan fingerprint density at radius 2 is 1.89 bits per heavy atom. The molecule has 0 radical (unpaired) electrons. The van der Waals surface area contributed by atoms with E-state index in [1.54, 1.807) is 0 Å². The summed E-state index contributed by atoms with van der Waals surface area (Å²) < 4.78 is 0. The van der Waals surface area contributed by atoms with Crippen LogP contribution in [0, 0.1) is 6.92 Å². The van der Waals surface area contributed by atoms with Gasteiger partial charge in [0.05, 0.1) is 0 Å². The highest BCUT2D eigenvalue weighted by atomic mass is 32.1. The van der Waals surface area contributed by atoms with Crippen LogP contribution in [0.4, 0.5) is 0 Å². The molecule has 1 N–H and O–H groups in total. The third kappa shape index (κ3) is 2.65. The maximum Gasteiger partial charge on any atom is 0.0397 e. The largest absolute Gasteiger partial charge is 0.312 e. The molecule has 0 fully saturated rings. The third-order valence-electron chi connectivity index (χ3n) is 3.61. The minimum Gasteiger partial charge on any atom is -0.312 e. The molecule has 96 valence electrons. The first-order chi connectivity index (χ1) is 8.77. The minimum atomic E-state index is 0.406. The maximum atomic E-state index is 3.50. The first kappa shape index (κ1) is 13.3. The molecular formula is C16H21NS. The second-order valence-electron chi connectivity index (χ2n) is 4.62. The van der Waals surface area contributed by atoms with Gasteiger partial charge in [0.25, 0.3) is 0 Å². The van der Waals surface area contributed by atoms with Crippen LogP contribution >= 0.6 is 11.3 Å². The van der Waals surface area contributed by atoms with Gasteiger partial charge in [-0.2, -0.15) is 0 Å². The molecule has 0 bridgehead atoms. The number of thiophene rings is 1. The van der Waals surface area contributed by atoms with Crippen molar-refractivity contribution in [3.63, 3.8) is 0 Å². The van der Waals surface area contributed by atoms with Crippen LogP contribution in [0.5, 0.6) is 0 Å². The Morgan fingerprint density at radius 1 is 1.17 bits per heavy atom. The molecule has 1 heterocycles. The van der Waals surface area contributed by atoms with Crippen molar-refractivity contribution < 1.29 is 0 Å². The van der Waals surface area contributed by atoms with Crippen LogP contribution in [0.2, 0.25) is 0 Å². The summed E-state index contributed by atoms with van der Waals surface area (Å²) >= 11 is 1.83. The SMILES string of the molecule is CCC(c1ccccc1)C(NC)c1ccsc1C. The zero-order valence-corrected chi connectivity index (χ0v) is 12.1.